The Labute approximate surface area is 193 Å². The van der Waals surface area contributed by atoms with Gasteiger partial charge in [-0.05, 0) is 63.6 Å². The monoisotopic (exact) mass is 481 g/mol. The Hall–Kier alpha value is -1.98. The maximum absolute atomic E-state index is 13.0. The molecule has 0 unspecified atom stereocenters. The van der Waals surface area contributed by atoms with Crippen LogP contribution in [0.4, 0.5) is 5.69 Å². The molecule has 2 fully saturated rings. The van der Waals surface area contributed by atoms with Crippen LogP contribution in [0, 0.1) is 5.92 Å². The molecule has 4 nitrogen and oxygen atoms in total. The predicted molar refractivity (Wildman–Crippen MR) is 133 cm³/mol. The lowest BCUT2D eigenvalue weighted by Crippen LogP contribution is -2.50. The molecule has 0 atom stereocenters. The van der Waals surface area contributed by atoms with E-state index in [1.807, 2.05) is 24.3 Å². The van der Waals surface area contributed by atoms with Crippen molar-refractivity contribution < 1.29 is 4.79 Å². The van der Waals surface area contributed by atoms with E-state index in [0.717, 1.165) is 78.2 Å². The third-order valence-corrected chi connectivity index (χ3v) is 7.41. The van der Waals surface area contributed by atoms with E-state index in [-0.39, 0.29) is 17.2 Å². The van der Waals surface area contributed by atoms with Crippen molar-refractivity contribution >= 4 is 38.3 Å². The second-order valence-corrected chi connectivity index (χ2v) is 10.2. The molecule has 1 aromatic heterocycles. The summed E-state index contributed by atoms with van der Waals surface area (Å²) in [7, 11) is 0. The fraction of sp³-hybridized carbons (Fsp3) is 0.462. The molecule has 31 heavy (non-hydrogen) atoms. The summed E-state index contributed by atoms with van der Waals surface area (Å²) in [5, 5.41) is 4.81. The number of Topliss-reactive ketones (excluding diaryl/α,β-unsaturated/α-hetero) is 1. The Kier molecular flexibility index (Phi) is 6.63. The molecular weight excluding hydrogens is 450 g/mol. The Morgan fingerprint density at radius 1 is 1.23 bits per heavy atom. The van der Waals surface area contributed by atoms with E-state index in [4.69, 9.17) is 0 Å². The summed E-state index contributed by atoms with van der Waals surface area (Å²) in [6, 6.07) is 6.44. The molecule has 0 radical (unpaired) electrons. The number of carbonyl (C=O) groups excluding carboxylic acids is 1. The maximum atomic E-state index is 13.0. The fourth-order valence-corrected chi connectivity index (χ4v) is 5.17. The quantitative estimate of drug-likeness (QED) is 0.333. The minimum absolute atomic E-state index is 0.149. The van der Waals surface area contributed by atoms with E-state index in [1.165, 1.54) is 0 Å². The topological polar surface area (TPSA) is 45.2 Å². The van der Waals surface area contributed by atoms with Crippen molar-refractivity contribution in [1.82, 2.24) is 9.88 Å². The SMILES string of the molecule is C=CCN(CC=C)C1(C)CCC(Nc2c(C(=O)C3CC3)cnc3ccc(Br)cc23)CC1. The van der Waals surface area contributed by atoms with Crippen LogP contribution in [-0.2, 0) is 0 Å². The lowest BCUT2D eigenvalue weighted by molar-refractivity contribution is 0.0860. The highest BCUT2D eigenvalue weighted by Crippen LogP contribution is 2.39. The maximum Gasteiger partial charge on any atom is 0.169 e. The van der Waals surface area contributed by atoms with Gasteiger partial charge in [0.1, 0.15) is 0 Å². The summed E-state index contributed by atoms with van der Waals surface area (Å²) in [6.07, 6.45) is 12.1. The lowest BCUT2D eigenvalue weighted by atomic mass is 9.79. The Morgan fingerprint density at radius 2 is 1.90 bits per heavy atom. The zero-order valence-corrected chi connectivity index (χ0v) is 20.0. The van der Waals surface area contributed by atoms with Crippen LogP contribution in [-0.4, -0.2) is 40.3 Å². The second kappa shape index (κ2) is 9.25. The summed E-state index contributed by atoms with van der Waals surface area (Å²) >= 11 is 3.59. The van der Waals surface area contributed by atoms with Crippen LogP contribution in [0.25, 0.3) is 10.9 Å². The molecule has 0 bridgehead atoms. The van der Waals surface area contributed by atoms with Crippen LogP contribution >= 0.6 is 15.9 Å². The number of hydrogen-bond acceptors (Lipinski definition) is 4. The Bertz CT molecular complexity index is 980. The molecule has 4 rings (SSSR count). The van der Waals surface area contributed by atoms with Gasteiger partial charge in [-0.1, -0.05) is 28.1 Å². The summed E-state index contributed by atoms with van der Waals surface area (Å²) in [5.74, 6) is 0.411. The van der Waals surface area contributed by atoms with Gasteiger partial charge in [-0.2, -0.15) is 0 Å². The van der Waals surface area contributed by atoms with E-state index in [2.05, 4.69) is 57.3 Å². The first-order chi connectivity index (χ1) is 14.9. The van der Waals surface area contributed by atoms with E-state index in [9.17, 15) is 4.79 Å². The number of halogens is 1. The molecule has 1 N–H and O–H groups in total. The minimum Gasteiger partial charge on any atom is -0.381 e. The molecular formula is C26H32BrN3O. The summed E-state index contributed by atoms with van der Waals surface area (Å²) in [5.41, 5.74) is 2.78. The number of nitrogens with one attached hydrogen (secondary N) is 1. The van der Waals surface area contributed by atoms with Crippen molar-refractivity contribution in [3.05, 3.63) is 59.7 Å². The van der Waals surface area contributed by atoms with Gasteiger partial charge in [0.2, 0.25) is 0 Å². The average molecular weight is 482 g/mol. The molecule has 164 valence electrons. The van der Waals surface area contributed by atoms with Crippen molar-refractivity contribution in [2.75, 3.05) is 18.4 Å². The van der Waals surface area contributed by atoms with E-state index >= 15 is 0 Å². The molecule has 0 saturated heterocycles. The number of fused-ring (bicyclic) bond motifs is 1. The minimum atomic E-state index is 0.149. The van der Waals surface area contributed by atoms with E-state index < -0.39 is 0 Å². The predicted octanol–water partition coefficient (Wildman–Crippen LogP) is 6.38. The van der Waals surface area contributed by atoms with Gasteiger partial charge in [-0.3, -0.25) is 14.7 Å². The zero-order chi connectivity index (χ0) is 22.0. The second-order valence-electron chi connectivity index (χ2n) is 9.24. The number of nitrogens with zero attached hydrogens (tertiary/aromatic N) is 2. The Balaban J connectivity index is 1.58. The van der Waals surface area contributed by atoms with Crippen molar-refractivity contribution in [2.45, 2.75) is 57.0 Å². The van der Waals surface area contributed by atoms with Gasteiger partial charge in [-0.25, -0.2) is 0 Å². The fourth-order valence-electron chi connectivity index (χ4n) is 4.80. The summed E-state index contributed by atoms with van der Waals surface area (Å²) < 4.78 is 1.00. The molecule has 1 aromatic carbocycles. The van der Waals surface area contributed by atoms with E-state index in [0.29, 0.717) is 6.04 Å². The van der Waals surface area contributed by atoms with Gasteiger partial charge in [0, 0.05) is 46.6 Å². The van der Waals surface area contributed by atoms with E-state index in [1.54, 1.807) is 6.20 Å². The number of anilines is 1. The Morgan fingerprint density at radius 3 is 2.52 bits per heavy atom. The smallest absolute Gasteiger partial charge is 0.169 e. The largest absolute Gasteiger partial charge is 0.381 e. The van der Waals surface area contributed by atoms with Gasteiger partial charge < -0.3 is 5.32 Å². The summed E-state index contributed by atoms with van der Waals surface area (Å²) in [6.45, 7) is 12.0. The number of carbonyl (C=O) groups is 1. The van der Waals surface area contributed by atoms with Gasteiger partial charge in [0.25, 0.3) is 0 Å². The lowest BCUT2D eigenvalue weighted by Gasteiger charge is -2.45. The van der Waals surface area contributed by atoms with Gasteiger partial charge >= 0.3 is 0 Å². The van der Waals surface area contributed by atoms with Crippen molar-refractivity contribution in [2.24, 2.45) is 5.92 Å². The third-order valence-electron chi connectivity index (χ3n) is 6.92. The number of hydrogen-bond donors (Lipinski definition) is 1. The highest BCUT2D eigenvalue weighted by Gasteiger charge is 2.37. The third kappa shape index (κ3) is 4.78. The van der Waals surface area contributed by atoms with Crippen molar-refractivity contribution in [3.63, 3.8) is 0 Å². The van der Waals surface area contributed by atoms with Gasteiger partial charge in [-0.15, -0.1) is 13.2 Å². The van der Waals surface area contributed by atoms with Crippen molar-refractivity contribution in [1.29, 1.82) is 0 Å². The van der Waals surface area contributed by atoms with Crippen LogP contribution in [0.1, 0.15) is 55.8 Å². The average Bonchev–Trinajstić information content (AvgIpc) is 3.60. The number of rotatable bonds is 9. The number of ketones is 1. The van der Waals surface area contributed by atoms with Gasteiger partial charge in [0.05, 0.1) is 16.8 Å². The van der Waals surface area contributed by atoms with Crippen LogP contribution in [0.3, 0.4) is 0 Å². The normalized spacial score (nSPS) is 23.6. The summed E-state index contributed by atoms with van der Waals surface area (Å²) in [4.78, 5) is 20.1. The molecule has 2 aliphatic carbocycles. The van der Waals surface area contributed by atoms with Crippen molar-refractivity contribution in [3.8, 4) is 0 Å². The molecule has 2 saturated carbocycles. The van der Waals surface area contributed by atoms with Gasteiger partial charge in [0.15, 0.2) is 5.78 Å². The molecule has 0 amide bonds. The molecule has 2 aromatic rings. The molecule has 0 spiro atoms. The highest BCUT2D eigenvalue weighted by molar-refractivity contribution is 9.10. The highest BCUT2D eigenvalue weighted by atomic mass is 79.9. The molecule has 1 heterocycles. The first-order valence-corrected chi connectivity index (χ1v) is 12.1. The van der Waals surface area contributed by atoms with Crippen LogP contribution < -0.4 is 5.32 Å². The first-order valence-electron chi connectivity index (χ1n) is 11.3. The number of aromatic nitrogens is 1. The van der Waals surface area contributed by atoms with Crippen LogP contribution in [0.5, 0.6) is 0 Å². The number of pyridine rings is 1. The molecule has 2 aliphatic rings. The molecule has 0 aliphatic heterocycles. The number of benzene rings is 1. The molecule has 5 heteroatoms. The first kappa shape index (κ1) is 22.2. The standard InChI is InChI=1S/C26H32BrN3O/c1-4-14-30(15-5-2)26(3)12-10-20(11-13-26)29-24-21-16-19(27)8-9-23(21)28-17-22(24)25(31)18-6-7-18/h4-5,8-9,16-18,20H,1-2,6-7,10-15H2,3H3,(H,28,29). The zero-order valence-electron chi connectivity index (χ0n) is 18.4. The van der Waals surface area contributed by atoms with Crippen LogP contribution in [0.15, 0.2) is 54.2 Å². The van der Waals surface area contributed by atoms with Crippen LogP contribution in [0.2, 0.25) is 0 Å².